The molecule has 2 aliphatic rings. The van der Waals surface area contributed by atoms with E-state index in [4.69, 9.17) is 26.5 Å². The number of thiazole rings is 2. The number of nitrogens with zero attached hydrogens (tertiary/aromatic N) is 10. The second kappa shape index (κ2) is 23.6. The fourth-order valence-corrected chi connectivity index (χ4v) is 13.4. The molecule has 14 aromatic rings. The van der Waals surface area contributed by atoms with Gasteiger partial charge in [-0.3, -0.25) is 0 Å². The summed E-state index contributed by atoms with van der Waals surface area (Å²) in [5.74, 6) is 2.80. The van der Waals surface area contributed by atoms with Gasteiger partial charge in [0.2, 0.25) is 5.70 Å². The van der Waals surface area contributed by atoms with Gasteiger partial charge in [-0.25, -0.2) is 34.8 Å². The maximum Gasteiger partial charge on any atom is 0.212 e. The molecule has 0 fully saturated rings. The Morgan fingerprint density at radius 3 is 1.14 bits per heavy atom. The molecular weight excluding hydrogens is 1170 g/mol. The third-order valence-electron chi connectivity index (χ3n) is 16.6. The number of benzene rings is 10. The van der Waals surface area contributed by atoms with Crippen molar-refractivity contribution in [3.63, 3.8) is 0 Å². The van der Waals surface area contributed by atoms with Gasteiger partial charge in [0.25, 0.3) is 0 Å². The molecule has 92 heavy (non-hydrogen) atoms. The first-order valence-electron chi connectivity index (χ1n) is 29.7. The molecule has 0 saturated heterocycles. The molecule has 0 saturated carbocycles. The van der Waals surface area contributed by atoms with Crippen molar-refractivity contribution in [3.05, 3.63) is 312 Å². The van der Waals surface area contributed by atoms with Crippen LogP contribution < -0.4 is 20.4 Å². The number of aliphatic imine (C=N–C) groups is 2. The Morgan fingerprint density at radius 2 is 0.783 bits per heavy atom. The molecule has 10 aromatic carbocycles. The van der Waals surface area contributed by atoms with E-state index in [2.05, 4.69) is 211 Å². The van der Waals surface area contributed by atoms with Crippen LogP contribution in [0.15, 0.2) is 288 Å². The summed E-state index contributed by atoms with van der Waals surface area (Å²) in [6.07, 6.45) is 7.36. The van der Waals surface area contributed by atoms with Gasteiger partial charge in [0, 0.05) is 125 Å². The Hall–Kier alpha value is -12.5. The highest BCUT2D eigenvalue weighted by Crippen LogP contribution is 2.42. The Bertz CT molecular complexity index is 4940. The predicted molar refractivity (Wildman–Crippen MR) is 377 cm³/mol. The number of allylic oxidation sites excluding steroid dienone is 1. The first kappa shape index (κ1) is 54.9. The zero-order valence-electron chi connectivity index (χ0n) is 48.8. The Kier molecular flexibility index (Phi) is 14.1. The molecule has 2 aliphatic heterocycles. The van der Waals surface area contributed by atoms with Gasteiger partial charge >= 0.3 is 0 Å². The molecular formula is C78H48N12S2. The van der Waals surface area contributed by atoms with Crippen molar-refractivity contribution >= 4 is 124 Å². The van der Waals surface area contributed by atoms with Gasteiger partial charge < -0.3 is 20.4 Å². The lowest BCUT2D eigenvalue weighted by molar-refractivity contribution is 1.27. The van der Waals surface area contributed by atoms with Crippen molar-refractivity contribution in [2.24, 2.45) is 9.98 Å². The van der Waals surface area contributed by atoms with E-state index < -0.39 is 0 Å². The first-order chi connectivity index (χ1) is 45.5. The third kappa shape index (κ3) is 10.3. The van der Waals surface area contributed by atoms with Gasteiger partial charge in [0.15, 0.2) is 11.6 Å². The van der Waals surface area contributed by atoms with Crippen molar-refractivity contribution in [1.29, 1.82) is 5.26 Å². The van der Waals surface area contributed by atoms with Crippen molar-refractivity contribution in [1.82, 2.24) is 19.9 Å². The zero-order valence-corrected chi connectivity index (χ0v) is 50.5. The Balaban J connectivity index is 0.671. The summed E-state index contributed by atoms with van der Waals surface area (Å²) >= 11 is 3.19. The van der Waals surface area contributed by atoms with Crippen LogP contribution in [0.5, 0.6) is 0 Å². The van der Waals surface area contributed by atoms with Gasteiger partial charge in [-0.2, -0.15) is 5.26 Å². The van der Waals surface area contributed by atoms with E-state index in [1.54, 1.807) is 22.7 Å². The minimum atomic E-state index is 0.252. The number of nitriles is 1. The summed E-state index contributed by atoms with van der Waals surface area (Å²) in [6, 6.07) is 84.6. The highest BCUT2D eigenvalue weighted by Gasteiger charge is 2.23. The zero-order chi connectivity index (χ0) is 61.5. The maximum atomic E-state index is 10.9. The molecule has 12 nitrogen and oxygen atoms in total. The highest BCUT2D eigenvalue weighted by molar-refractivity contribution is 7.13. The van der Waals surface area contributed by atoms with E-state index in [-0.39, 0.29) is 11.3 Å². The van der Waals surface area contributed by atoms with Crippen molar-refractivity contribution in [3.8, 4) is 49.5 Å². The maximum absolute atomic E-state index is 10.9. The quantitative estimate of drug-likeness (QED) is 0.0620. The van der Waals surface area contributed by atoms with Gasteiger partial charge in [-0.1, -0.05) is 109 Å². The molecule has 0 aliphatic carbocycles. The molecule has 0 spiro atoms. The van der Waals surface area contributed by atoms with Crippen LogP contribution in [0.3, 0.4) is 0 Å². The normalized spacial score (nSPS) is 13.2. The number of hydrogen-bond donors (Lipinski definition) is 2. The molecule has 2 N–H and O–H groups in total. The smallest absolute Gasteiger partial charge is 0.212 e. The van der Waals surface area contributed by atoms with E-state index in [1.807, 2.05) is 108 Å². The van der Waals surface area contributed by atoms with E-state index in [9.17, 15) is 5.26 Å². The predicted octanol–water partition coefficient (Wildman–Crippen LogP) is 20.6. The SMILES string of the molecule is [C-]#[N+]/C(=C(/C#N)c1ccc(N(c2ccc(-c3ccc(N=C4Nc5cccc6cccc4c56)nc3)cc2)c2ccc(-c3nccs3)cc2)cc1)c1ccc(N(c2ccc(-c3ccc(N=C4Nc5cccc6cccc4c56)nc3)cc2)c2ccc(-c3nccs3)cc2)cc1. The van der Waals surface area contributed by atoms with Gasteiger partial charge in [0.05, 0.1) is 18.2 Å². The van der Waals surface area contributed by atoms with Gasteiger partial charge in [-0.15, -0.1) is 22.7 Å². The molecule has 0 unspecified atom stereocenters. The lowest BCUT2D eigenvalue weighted by Gasteiger charge is -2.26. The Labute approximate surface area is 537 Å². The molecule has 0 atom stereocenters. The number of hydrogen-bond acceptors (Lipinski definition) is 11. The summed E-state index contributed by atoms with van der Waals surface area (Å²) in [7, 11) is 0. The fraction of sp³-hybridized carbons (Fsp3) is 0. The highest BCUT2D eigenvalue weighted by atomic mass is 32.1. The number of pyridine rings is 2. The summed E-state index contributed by atoms with van der Waals surface area (Å²) in [5.41, 5.74) is 17.4. The molecule has 0 radical (unpaired) electrons. The van der Waals surface area contributed by atoms with E-state index in [1.165, 1.54) is 21.5 Å². The molecule has 16 rings (SSSR count). The molecule has 0 bridgehead atoms. The van der Waals surface area contributed by atoms with E-state index >= 15 is 0 Å². The van der Waals surface area contributed by atoms with Crippen molar-refractivity contribution in [2.45, 2.75) is 0 Å². The summed E-state index contributed by atoms with van der Waals surface area (Å²) in [5, 5.41) is 28.4. The molecule has 6 heterocycles. The first-order valence-corrected chi connectivity index (χ1v) is 31.4. The topological polar surface area (TPSA) is 135 Å². The van der Waals surface area contributed by atoms with Crippen LogP contribution in [0, 0.1) is 17.9 Å². The lowest BCUT2D eigenvalue weighted by atomic mass is 9.99. The van der Waals surface area contributed by atoms with Crippen molar-refractivity contribution in [2.75, 3.05) is 20.4 Å². The van der Waals surface area contributed by atoms with Crippen LogP contribution in [0.1, 0.15) is 22.3 Å². The number of nitrogens with one attached hydrogen (secondary N) is 2. The van der Waals surface area contributed by atoms with Crippen LogP contribution in [0.25, 0.3) is 81.1 Å². The van der Waals surface area contributed by atoms with Crippen LogP contribution in [0.2, 0.25) is 0 Å². The second-order valence-corrected chi connectivity index (χ2v) is 23.8. The Morgan fingerprint density at radius 1 is 0.413 bits per heavy atom. The van der Waals surface area contributed by atoms with Crippen LogP contribution in [0.4, 0.5) is 57.1 Å². The summed E-state index contributed by atoms with van der Waals surface area (Å²) < 4.78 is 0. The fourth-order valence-electron chi connectivity index (χ4n) is 12.1. The molecule has 432 valence electrons. The van der Waals surface area contributed by atoms with Crippen LogP contribution >= 0.6 is 22.7 Å². The number of anilines is 8. The van der Waals surface area contributed by atoms with E-state index in [0.717, 1.165) is 112 Å². The average molecular weight is 1220 g/mol. The molecule has 4 aromatic heterocycles. The van der Waals surface area contributed by atoms with Gasteiger partial charge in [0.1, 0.15) is 21.7 Å². The number of aromatic nitrogens is 4. The third-order valence-corrected chi connectivity index (χ3v) is 18.2. The van der Waals surface area contributed by atoms with Crippen molar-refractivity contribution < 1.29 is 0 Å². The molecule has 14 heteroatoms. The average Bonchev–Trinajstić information content (AvgIpc) is 1.73. The minimum absolute atomic E-state index is 0.252. The standard InChI is InChI=1S/C78H48N12S2/c1-80-74(54-20-34-62(35-21-54)90(64-38-24-56(25-39-64)78-82-43-45-92-78)60-30-16-50(17-31-60)58-27-41-71(84-48-58)88-76-66-11-3-7-53-9-5-13-69(86-76)73(53)66)67(46-79)51-18-32-61(33-19-51)89(63-36-22-55(23-37-63)77-81-42-44-91-77)59-28-14-49(15-29-59)57-26-40-70(83-47-57)87-75-65-10-2-6-52-8-4-12-68(85-75)72(52)65/h2-45,47-48H,(H,83,85,87)(H,84,86,88)/b74-67-. The van der Waals surface area contributed by atoms with E-state index in [0.29, 0.717) is 22.8 Å². The largest absolute Gasteiger partial charge is 0.339 e. The number of rotatable bonds is 14. The summed E-state index contributed by atoms with van der Waals surface area (Å²) in [4.78, 5) is 36.8. The summed E-state index contributed by atoms with van der Waals surface area (Å²) in [6.45, 7) is 8.51. The molecule has 0 amide bonds. The van der Waals surface area contributed by atoms with Gasteiger partial charge in [-0.05, 0) is 166 Å². The van der Waals surface area contributed by atoms with Crippen LogP contribution in [-0.2, 0) is 0 Å². The number of amidine groups is 2. The minimum Gasteiger partial charge on any atom is -0.339 e. The monoisotopic (exact) mass is 1220 g/mol. The second-order valence-electron chi connectivity index (χ2n) is 22.0. The lowest BCUT2D eigenvalue weighted by Crippen LogP contribution is -2.10. The van der Waals surface area contributed by atoms with Crippen LogP contribution in [-0.4, -0.2) is 31.6 Å².